The van der Waals surface area contributed by atoms with E-state index in [2.05, 4.69) is 59.5 Å². The van der Waals surface area contributed by atoms with Crippen LogP contribution in [0.1, 0.15) is 11.1 Å². The first-order valence-electron chi connectivity index (χ1n) is 7.42. The Morgan fingerprint density at radius 3 is 2.67 bits per heavy atom. The summed E-state index contributed by atoms with van der Waals surface area (Å²) in [7, 11) is 0. The van der Waals surface area contributed by atoms with Gasteiger partial charge >= 0.3 is 0 Å². The quantitative estimate of drug-likeness (QED) is 0.716. The number of hydrogen-bond donors (Lipinski definition) is 1. The van der Waals surface area contributed by atoms with Gasteiger partial charge in [0.15, 0.2) is 0 Å². The van der Waals surface area contributed by atoms with Gasteiger partial charge in [-0.1, -0.05) is 48.5 Å². The molecule has 2 heteroatoms. The minimum absolute atomic E-state index is 0.924. The van der Waals surface area contributed by atoms with Crippen LogP contribution < -0.4 is 10.6 Å². The van der Waals surface area contributed by atoms with Crippen molar-refractivity contribution in [2.45, 2.75) is 13.0 Å². The highest BCUT2D eigenvalue weighted by atomic mass is 15.1. The Kier molecular flexibility index (Phi) is 2.81. The van der Waals surface area contributed by atoms with Crippen LogP contribution in [0.3, 0.4) is 0 Å². The summed E-state index contributed by atoms with van der Waals surface area (Å²) in [6, 6.07) is 21.4. The fourth-order valence-electron chi connectivity index (χ4n) is 3.33. The van der Waals surface area contributed by atoms with Crippen LogP contribution in [-0.4, -0.2) is 6.54 Å². The van der Waals surface area contributed by atoms with Crippen LogP contribution in [0.5, 0.6) is 0 Å². The Balaban J connectivity index is 1.73. The zero-order valence-electron chi connectivity index (χ0n) is 11.9. The molecule has 3 aromatic carbocycles. The molecule has 0 spiro atoms. The smallest absolute Gasteiger partial charge is 0.0435 e. The number of rotatable bonds is 2. The van der Waals surface area contributed by atoms with Crippen LogP contribution >= 0.6 is 0 Å². The topological polar surface area (TPSA) is 29.3 Å². The first-order valence-corrected chi connectivity index (χ1v) is 7.42. The van der Waals surface area contributed by atoms with E-state index in [0.717, 1.165) is 25.2 Å². The van der Waals surface area contributed by atoms with Gasteiger partial charge in [-0.05, 0) is 34.9 Å². The Morgan fingerprint density at radius 1 is 0.905 bits per heavy atom. The predicted molar refractivity (Wildman–Crippen MR) is 89.6 cm³/mol. The lowest BCUT2D eigenvalue weighted by Crippen LogP contribution is -2.19. The van der Waals surface area contributed by atoms with Crippen molar-refractivity contribution in [2.75, 3.05) is 17.2 Å². The van der Waals surface area contributed by atoms with Crippen LogP contribution in [0.15, 0.2) is 60.7 Å². The van der Waals surface area contributed by atoms with Gasteiger partial charge in [0.05, 0.1) is 0 Å². The standard InChI is InChI=1S/C19H18N2/c20-18-9-4-10-19-17(18)11-12-21(19)13-15-7-3-6-14-5-1-2-8-16(14)15/h1-10H,11-13,20H2. The van der Waals surface area contributed by atoms with E-state index in [4.69, 9.17) is 5.73 Å². The van der Waals surface area contributed by atoms with Gasteiger partial charge in [0, 0.05) is 30.0 Å². The van der Waals surface area contributed by atoms with E-state index in [1.54, 1.807) is 0 Å². The summed E-state index contributed by atoms with van der Waals surface area (Å²) < 4.78 is 0. The van der Waals surface area contributed by atoms with Crippen molar-refractivity contribution in [2.24, 2.45) is 0 Å². The lowest BCUT2D eigenvalue weighted by Gasteiger charge is -2.20. The Hall–Kier alpha value is -2.48. The number of nitrogens with zero attached hydrogens (tertiary/aromatic N) is 1. The van der Waals surface area contributed by atoms with Gasteiger partial charge in [-0.2, -0.15) is 0 Å². The van der Waals surface area contributed by atoms with E-state index >= 15 is 0 Å². The molecule has 1 heterocycles. The lowest BCUT2D eigenvalue weighted by atomic mass is 10.0. The second-order valence-electron chi connectivity index (χ2n) is 5.65. The van der Waals surface area contributed by atoms with Crippen LogP contribution in [-0.2, 0) is 13.0 Å². The van der Waals surface area contributed by atoms with Crippen LogP contribution in [0.4, 0.5) is 11.4 Å². The van der Waals surface area contributed by atoms with Gasteiger partial charge in [-0.3, -0.25) is 0 Å². The van der Waals surface area contributed by atoms with Gasteiger partial charge in [-0.25, -0.2) is 0 Å². The normalized spacial score (nSPS) is 13.6. The number of nitrogens with two attached hydrogens (primary N) is 1. The van der Waals surface area contributed by atoms with Gasteiger partial charge in [0.25, 0.3) is 0 Å². The van der Waals surface area contributed by atoms with Crippen molar-refractivity contribution in [3.05, 3.63) is 71.8 Å². The summed E-state index contributed by atoms with van der Waals surface area (Å²) in [6.45, 7) is 1.99. The van der Waals surface area contributed by atoms with Crippen molar-refractivity contribution < 1.29 is 0 Å². The molecule has 1 aliphatic rings. The van der Waals surface area contributed by atoms with Crippen molar-refractivity contribution in [1.29, 1.82) is 0 Å². The van der Waals surface area contributed by atoms with Crippen molar-refractivity contribution in [3.63, 3.8) is 0 Å². The fraction of sp³-hybridized carbons (Fsp3) is 0.158. The van der Waals surface area contributed by atoms with Gasteiger partial charge in [0.2, 0.25) is 0 Å². The number of anilines is 2. The third-order valence-electron chi connectivity index (χ3n) is 4.40. The molecule has 2 N–H and O–H groups in total. The number of fused-ring (bicyclic) bond motifs is 2. The van der Waals surface area contributed by atoms with E-state index in [0.29, 0.717) is 0 Å². The SMILES string of the molecule is Nc1cccc2c1CCN2Cc1cccc2ccccc12. The summed E-state index contributed by atoms with van der Waals surface area (Å²) in [5.74, 6) is 0. The van der Waals surface area contributed by atoms with Crippen molar-refractivity contribution in [3.8, 4) is 0 Å². The summed E-state index contributed by atoms with van der Waals surface area (Å²) in [4.78, 5) is 2.44. The Morgan fingerprint density at radius 2 is 1.71 bits per heavy atom. The highest BCUT2D eigenvalue weighted by Crippen LogP contribution is 2.33. The molecule has 0 unspecified atom stereocenters. The predicted octanol–water partition coefficient (Wildman–Crippen LogP) is 3.98. The first-order chi connectivity index (χ1) is 10.3. The summed E-state index contributed by atoms with van der Waals surface area (Å²) in [5.41, 5.74) is 11.0. The second kappa shape index (κ2) is 4.81. The number of nitrogen functional groups attached to an aromatic ring is 1. The molecule has 0 saturated heterocycles. The monoisotopic (exact) mass is 274 g/mol. The third-order valence-corrected chi connectivity index (χ3v) is 4.40. The number of hydrogen-bond acceptors (Lipinski definition) is 2. The highest BCUT2D eigenvalue weighted by molar-refractivity contribution is 5.86. The van der Waals surface area contributed by atoms with Crippen LogP contribution in [0.2, 0.25) is 0 Å². The molecule has 0 aromatic heterocycles. The van der Waals surface area contributed by atoms with Crippen LogP contribution in [0.25, 0.3) is 10.8 Å². The molecule has 2 nitrogen and oxygen atoms in total. The molecule has 0 radical (unpaired) electrons. The van der Waals surface area contributed by atoms with Crippen LogP contribution in [0, 0.1) is 0 Å². The maximum absolute atomic E-state index is 6.09. The molecule has 4 rings (SSSR count). The molecule has 0 aliphatic carbocycles. The summed E-state index contributed by atoms with van der Waals surface area (Å²) in [5, 5.41) is 2.65. The van der Waals surface area contributed by atoms with E-state index in [9.17, 15) is 0 Å². The molecule has 3 aromatic rings. The zero-order valence-corrected chi connectivity index (χ0v) is 11.9. The van der Waals surface area contributed by atoms with E-state index in [-0.39, 0.29) is 0 Å². The molecule has 0 atom stereocenters. The fourth-order valence-corrected chi connectivity index (χ4v) is 3.33. The molecular weight excluding hydrogens is 256 g/mol. The van der Waals surface area contributed by atoms with Gasteiger partial charge < -0.3 is 10.6 Å². The third kappa shape index (κ3) is 2.04. The number of benzene rings is 3. The molecule has 0 fully saturated rings. The maximum Gasteiger partial charge on any atom is 0.0435 e. The minimum Gasteiger partial charge on any atom is -0.398 e. The molecule has 0 amide bonds. The first kappa shape index (κ1) is 12.3. The van der Waals surface area contributed by atoms with Gasteiger partial charge in [-0.15, -0.1) is 0 Å². The second-order valence-corrected chi connectivity index (χ2v) is 5.65. The van der Waals surface area contributed by atoms with E-state index in [1.165, 1.54) is 27.6 Å². The summed E-state index contributed by atoms with van der Waals surface area (Å²) >= 11 is 0. The molecule has 0 saturated carbocycles. The zero-order chi connectivity index (χ0) is 14.2. The molecule has 1 aliphatic heterocycles. The Labute approximate surface area is 124 Å². The molecule has 104 valence electrons. The Bertz CT molecular complexity index is 802. The van der Waals surface area contributed by atoms with Gasteiger partial charge in [0.1, 0.15) is 0 Å². The summed E-state index contributed by atoms with van der Waals surface area (Å²) in [6.07, 6.45) is 1.05. The highest BCUT2D eigenvalue weighted by Gasteiger charge is 2.21. The minimum atomic E-state index is 0.924. The average Bonchev–Trinajstić information content (AvgIpc) is 2.92. The maximum atomic E-state index is 6.09. The lowest BCUT2D eigenvalue weighted by molar-refractivity contribution is 0.840. The van der Waals surface area contributed by atoms with E-state index in [1.807, 2.05) is 6.07 Å². The largest absolute Gasteiger partial charge is 0.398 e. The van der Waals surface area contributed by atoms with E-state index < -0.39 is 0 Å². The molecular formula is C19H18N2. The van der Waals surface area contributed by atoms with Crippen molar-refractivity contribution >= 4 is 22.1 Å². The van der Waals surface area contributed by atoms with Crippen molar-refractivity contribution in [1.82, 2.24) is 0 Å². The molecule has 0 bridgehead atoms. The molecule has 21 heavy (non-hydrogen) atoms. The average molecular weight is 274 g/mol.